The zero-order valence-electron chi connectivity index (χ0n) is 12.4. The molecule has 0 radical (unpaired) electrons. The van der Waals surface area contributed by atoms with Crippen molar-refractivity contribution in [2.45, 2.75) is 0 Å². The summed E-state index contributed by atoms with van der Waals surface area (Å²) < 4.78 is 13.0. The van der Waals surface area contributed by atoms with E-state index in [0.717, 1.165) is 32.7 Å². The van der Waals surface area contributed by atoms with Crippen molar-refractivity contribution in [2.75, 3.05) is 46.3 Å². The molecule has 0 bridgehead atoms. The number of carbonyl (C=O) groups excluding carboxylic acids is 1. The Kier molecular flexibility index (Phi) is 5.90. The molecule has 1 fully saturated rings. The van der Waals surface area contributed by atoms with Crippen molar-refractivity contribution < 1.29 is 9.18 Å². The fourth-order valence-corrected chi connectivity index (χ4v) is 2.25. The second-order valence-electron chi connectivity index (χ2n) is 5.32. The molecule has 1 aromatic carbocycles. The Morgan fingerprint density at radius 3 is 2.81 bits per heavy atom. The number of hydrogen-bond acceptors (Lipinski definition) is 3. The van der Waals surface area contributed by atoms with Crippen LogP contribution in [0.3, 0.4) is 0 Å². The van der Waals surface area contributed by atoms with Crippen LogP contribution in [0.5, 0.6) is 0 Å². The summed E-state index contributed by atoms with van der Waals surface area (Å²) in [4.78, 5) is 16.3. The number of nitrogens with one attached hydrogen (secondary N) is 1. The van der Waals surface area contributed by atoms with Crippen LogP contribution in [-0.4, -0.2) is 62.0 Å². The highest BCUT2D eigenvalue weighted by Gasteiger charge is 2.12. The van der Waals surface area contributed by atoms with Crippen molar-refractivity contribution in [2.24, 2.45) is 0 Å². The van der Waals surface area contributed by atoms with Crippen LogP contribution in [0.25, 0.3) is 6.08 Å². The Morgan fingerprint density at radius 1 is 1.33 bits per heavy atom. The summed E-state index contributed by atoms with van der Waals surface area (Å²) in [5.41, 5.74) is 0.684. The lowest BCUT2D eigenvalue weighted by Crippen LogP contribution is -2.46. The van der Waals surface area contributed by atoms with Crippen molar-refractivity contribution in [1.82, 2.24) is 15.1 Å². The van der Waals surface area contributed by atoms with Crippen LogP contribution < -0.4 is 5.32 Å². The smallest absolute Gasteiger partial charge is 0.244 e. The molecule has 1 saturated heterocycles. The SMILES string of the molecule is CN1CCN(CCNC(=O)/C=C\c2cccc(F)c2)CC1. The predicted molar refractivity (Wildman–Crippen MR) is 82.4 cm³/mol. The van der Waals surface area contributed by atoms with Gasteiger partial charge >= 0.3 is 0 Å². The molecule has 21 heavy (non-hydrogen) atoms. The Labute approximate surface area is 125 Å². The van der Waals surface area contributed by atoms with E-state index in [2.05, 4.69) is 22.2 Å². The van der Waals surface area contributed by atoms with Crippen LogP contribution in [0.1, 0.15) is 5.56 Å². The number of carbonyl (C=O) groups is 1. The lowest BCUT2D eigenvalue weighted by Gasteiger charge is -2.32. The van der Waals surface area contributed by atoms with Gasteiger partial charge < -0.3 is 10.2 Å². The highest BCUT2D eigenvalue weighted by Crippen LogP contribution is 2.05. The largest absolute Gasteiger partial charge is 0.351 e. The maximum absolute atomic E-state index is 13.0. The molecular weight excluding hydrogens is 269 g/mol. The van der Waals surface area contributed by atoms with E-state index in [-0.39, 0.29) is 11.7 Å². The minimum absolute atomic E-state index is 0.145. The fraction of sp³-hybridized carbons (Fsp3) is 0.438. The third-order valence-electron chi connectivity index (χ3n) is 3.60. The number of nitrogens with zero attached hydrogens (tertiary/aromatic N) is 2. The summed E-state index contributed by atoms with van der Waals surface area (Å²) in [7, 11) is 2.12. The summed E-state index contributed by atoms with van der Waals surface area (Å²) in [6, 6.07) is 6.17. The van der Waals surface area contributed by atoms with Gasteiger partial charge in [0, 0.05) is 45.3 Å². The van der Waals surface area contributed by atoms with Crippen molar-refractivity contribution >= 4 is 12.0 Å². The van der Waals surface area contributed by atoms with Crippen molar-refractivity contribution in [1.29, 1.82) is 0 Å². The van der Waals surface area contributed by atoms with Gasteiger partial charge in [0.2, 0.25) is 5.91 Å². The topological polar surface area (TPSA) is 35.6 Å². The normalized spacial score (nSPS) is 17.2. The van der Waals surface area contributed by atoms with Gasteiger partial charge in [0.25, 0.3) is 0 Å². The van der Waals surface area contributed by atoms with Gasteiger partial charge in [-0.05, 0) is 30.8 Å². The number of hydrogen-bond donors (Lipinski definition) is 1. The first kappa shape index (κ1) is 15.7. The second-order valence-corrected chi connectivity index (χ2v) is 5.32. The number of amides is 1. The predicted octanol–water partition coefficient (Wildman–Crippen LogP) is 1.20. The van der Waals surface area contributed by atoms with Crippen LogP contribution in [0.2, 0.25) is 0 Å². The molecule has 1 amide bonds. The Bertz CT molecular complexity index is 496. The minimum atomic E-state index is -0.298. The first-order valence-corrected chi connectivity index (χ1v) is 7.26. The van der Waals surface area contributed by atoms with Crippen LogP contribution in [-0.2, 0) is 4.79 Å². The zero-order valence-corrected chi connectivity index (χ0v) is 12.4. The van der Waals surface area contributed by atoms with Crippen LogP contribution in [0, 0.1) is 5.82 Å². The van der Waals surface area contributed by atoms with Gasteiger partial charge in [0.15, 0.2) is 0 Å². The molecule has 5 heteroatoms. The molecule has 1 aliphatic rings. The quantitative estimate of drug-likeness (QED) is 0.828. The number of halogens is 1. The number of benzene rings is 1. The van der Waals surface area contributed by atoms with E-state index in [9.17, 15) is 9.18 Å². The average Bonchev–Trinajstić information content (AvgIpc) is 2.47. The lowest BCUT2D eigenvalue weighted by atomic mass is 10.2. The zero-order chi connectivity index (χ0) is 15.1. The molecule has 4 nitrogen and oxygen atoms in total. The van der Waals surface area contributed by atoms with Crippen molar-refractivity contribution in [3.8, 4) is 0 Å². The standard InChI is InChI=1S/C16H22FN3O/c1-19-9-11-20(12-10-19)8-7-18-16(21)6-5-14-3-2-4-15(17)13-14/h2-6,13H,7-12H2,1H3,(H,18,21)/b6-5-. The maximum Gasteiger partial charge on any atom is 0.244 e. The second kappa shape index (κ2) is 7.90. The third-order valence-corrected chi connectivity index (χ3v) is 3.60. The molecule has 2 rings (SSSR count). The van der Waals surface area contributed by atoms with Crippen LogP contribution in [0.15, 0.2) is 30.3 Å². The van der Waals surface area contributed by atoms with Gasteiger partial charge in [-0.25, -0.2) is 4.39 Å². The Balaban J connectivity index is 1.68. The first-order valence-electron chi connectivity index (χ1n) is 7.26. The molecular formula is C16H22FN3O. The van der Waals surface area contributed by atoms with Gasteiger partial charge in [0.05, 0.1) is 0 Å². The van der Waals surface area contributed by atoms with Gasteiger partial charge in [-0.2, -0.15) is 0 Å². The van der Waals surface area contributed by atoms with Crippen molar-refractivity contribution in [3.63, 3.8) is 0 Å². The number of piperazine rings is 1. The summed E-state index contributed by atoms with van der Waals surface area (Å²) in [5, 5.41) is 2.85. The summed E-state index contributed by atoms with van der Waals surface area (Å²) in [6.45, 7) is 5.75. The summed E-state index contributed by atoms with van der Waals surface area (Å²) >= 11 is 0. The number of rotatable bonds is 5. The van der Waals surface area contributed by atoms with Crippen LogP contribution in [0.4, 0.5) is 4.39 Å². The van der Waals surface area contributed by atoms with E-state index in [1.54, 1.807) is 18.2 Å². The fourth-order valence-electron chi connectivity index (χ4n) is 2.25. The molecule has 1 heterocycles. The van der Waals surface area contributed by atoms with Gasteiger partial charge in [-0.3, -0.25) is 9.69 Å². The third kappa shape index (κ3) is 5.65. The molecule has 0 aliphatic carbocycles. The molecule has 1 aromatic rings. The summed E-state index contributed by atoms with van der Waals surface area (Å²) in [6.07, 6.45) is 3.06. The van der Waals surface area contributed by atoms with Gasteiger partial charge in [0.1, 0.15) is 5.82 Å². The molecule has 0 unspecified atom stereocenters. The lowest BCUT2D eigenvalue weighted by molar-refractivity contribution is -0.116. The van der Waals surface area contributed by atoms with E-state index in [1.165, 1.54) is 18.2 Å². The van der Waals surface area contributed by atoms with E-state index in [0.29, 0.717) is 12.1 Å². The number of likely N-dealkylation sites (N-methyl/N-ethyl adjacent to an activating group) is 1. The molecule has 0 spiro atoms. The van der Waals surface area contributed by atoms with E-state index in [4.69, 9.17) is 0 Å². The van der Waals surface area contributed by atoms with E-state index >= 15 is 0 Å². The molecule has 1 aliphatic heterocycles. The highest BCUT2D eigenvalue weighted by atomic mass is 19.1. The highest BCUT2D eigenvalue weighted by molar-refractivity contribution is 5.91. The maximum atomic E-state index is 13.0. The monoisotopic (exact) mass is 291 g/mol. The molecule has 0 atom stereocenters. The minimum Gasteiger partial charge on any atom is -0.351 e. The van der Waals surface area contributed by atoms with Gasteiger partial charge in [-0.15, -0.1) is 0 Å². The Morgan fingerprint density at radius 2 is 2.10 bits per heavy atom. The average molecular weight is 291 g/mol. The molecule has 114 valence electrons. The first-order chi connectivity index (χ1) is 10.1. The Hall–Kier alpha value is -1.72. The van der Waals surface area contributed by atoms with Crippen LogP contribution >= 0.6 is 0 Å². The summed E-state index contributed by atoms with van der Waals surface area (Å²) in [5.74, 6) is -0.444. The van der Waals surface area contributed by atoms with E-state index in [1.807, 2.05) is 0 Å². The van der Waals surface area contributed by atoms with Crippen molar-refractivity contribution in [3.05, 3.63) is 41.7 Å². The van der Waals surface area contributed by atoms with E-state index < -0.39 is 0 Å². The van der Waals surface area contributed by atoms with Gasteiger partial charge in [-0.1, -0.05) is 12.1 Å². The molecule has 0 aromatic heterocycles. The molecule has 1 N–H and O–H groups in total. The molecule has 0 saturated carbocycles.